The van der Waals surface area contributed by atoms with Crippen LogP contribution < -0.4 is 22.1 Å². The van der Waals surface area contributed by atoms with E-state index in [1.165, 1.54) is 6.33 Å². The molecule has 0 saturated carbocycles. The first-order valence-electron chi connectivity index (χ1n) is 9.89. The fourth-order valence-corrected chi connectivity index (χ4v) is 3.33. The molecule has 1 saturated heterocycles. The fraction of sp³-hybridized carbons (Fsp3) is 0.611. The second-order valence-corrected chi connectivity index (χ2v) is 7.18. The zero-order valence-electron chi connectivity index (χ0n) is 16.5. The van der Waals surface area contributed by atoms with Crippen LogP contribution in [0.15, 0.2) is 18.6 Å². The largest absolute Gasteiger partial charge is 0.394 e. The number of aliphatic hydroxyl groups is 3. The van der Waals surface area contributed by atoms with Crippen molar-refractivity contribution in [2.24, 2.45) is 11.5 Å². The van der Waals surface area contributed by atoms with E-state index in [1.54, 1.807) is 16.8 Å². The Hall–Kier alpha value is -2.35. The maximum Gasteiger partial charge on any atom is 0.238 e. The number of ether oxygens (including phenoxy) is 1. The molecule has 0 spiro atoms. The van der Waals surface area contributed by atoms with Gasteiger partial charge in [0.05, 0.1) is 18.0 Å². The molecule has 3 rings (SSSR count). The number of rotatable bonds is 10. The summed E-state index contributed by atoms with van der Waals surface area (Å²) in [5.41, 5.74) is 11.4. The molecule has 12 heteroatoms. The van der Waals surface area contributed by atoms with Crippen LogP contribution >= 0.6 is 0 Å². The van der Waals surface area contributed by atoms with Crippen LogP contribution in [0.1, 0.15) is 19.1 Å². The number of nitrogens with zero attached hydrogens (tertiary/aromatic N) is 3. The molecule has 5 atom stereocenters. The third-order valence-corrected chi connectivity index (χ3v) is 5.09. The zero-order chi connectivity index (χ0) is 21.7. The summed E-state index contributed by atoms with van der Waals surface area (Å²) in [6.45, 7) is 0.854. The van der Waals surface area contributed by atoms with E-state index in [2.05, 4.69) is 20.6 Å². The van der Waals surface area contributed by atoms with Crippen molar-refractivity contribution in [2.75, 3.05) is 31.6 Å². The van der Waals surface area contributed by atoms with E-state index in [9.17, 15) is 20.1 Å². The topological polar surface area (TPSA) is 194 Å². The molecule has 0 bridgehead atoms. The molecule has 1 amide bonds. The number of nitrogens with one attached hydrogen (secondary N) is 2. The van der Waals surface area contributed by atoms with Crippen LogP contribution in [0, 0.1) is 0 Å². The molecule has 166 valence electrons. The van der Waals surface area contributed by atoms with E-state index in [4.69, 9.17) is 16.2 Å². The summed E-state index contributed by atoms with van der Waals surface area (Å²) in [4.78, 5) is 20.1. The molecular formula is C18H29N7O5. The van der Waals surface area contributed by atoms with Gasteiger partial charge in [-0.3, -0.25) is 4.79 Å². The predicted octanol–water partition coefficient (Wildman–Crippen LogP) is -2.36. The number of unbranched alkanes of at least 4 members (excludes halogenated alkanes) is 1. The highest BCUT2D eigenvalue weighted by Gasteiger charge is 2.43. The van der Waals surface area contributed by atoms with Crippen LogP contribution in [0.3, 0.4) is 0 Å². The molecule has 2 aromatic heterocycles. The van der Waals surface area contributed by atoms with Gasteiger partial charge in [-0.2, -0.15) is 0 Å². The van der Waals surface area contributed by atoms with Gasteiger partial charge in [-0.15, -0.1) is 0 Å². The molecule has 0 aliphatic carbocycles. The predicted molar refractivity (Wildman–Crippen MR) is 108 cm³/mol. The fourth-order valence-electron chi connectivity index (χ4n) is 3.33. The minimum atomic E-state index is -1.19. The molecule has 2 aromatic rings. The Kier molecular flexibility index (Phi) is 7.53. The molecule has 1 aliphatic heterocycles. The number of aromatic nitrogens is 3. The number of fused-ring (bicyclic) bond motifs is 1. The van der Waals surface area contributed by atoms with Crippen LogP contribution in [-0.2, 0) is 9.53 Å². The summed E-state index contributed by atoms with van der Waals surface area (Å²) in [7, 11) is 0. The van der Waals surface area contributed by atoms with Gasteiger partial charge in [0, 0.05) is 25.8 Å². The molecule has 1 fully saturated rings. The highest BCUT2D eigenvalue weighted by molar-refractivity contribution is 5.87. The Morgan fingerprint density at radius 2 is 2.03 bits per heavy atom. The molecule has 3 heterocycles. The molecule has 1 aliphatic rings. The van der Waals surface area contributed by atoms with Gasteiger partial charge in [0.15, 0.2) is 6.23 Å². The van der Waals surface area contributed by atoms with Gasteiger partial charge in [-0.05, 0) is 18.9 Å². The molecule has 0 radical (unpaired) electrons. The van der Waals surface area contributed by atoms with Gasteiger partial charge in [-0.25, -0.2) is 9.97 Å². The number of carbonyl (C=O) groups excluding carboxylic acids is 1. The number of carbonyl (C=O) groups is 1. The Labute approximate surface area is 173 Å². The van der Waals surface area contributed by atoms with Crippen molar-refractivity contribution in [3.63, 3.8) is 0 Å². The number of nitrogens with two attached hydrogens (primary N) is 2. The Morgan fingerprint density at radius 3 is 2.73 bits per heavy atom. The van der Waals surface area contributed by atoms with Gasteiger partial charge in [-0.1, -0.05) is 0 Å². The molecule has 9 N–H and O–H groups in total. The van der Waals surface area contributed by atoms with E-state index < -0.39 is 37.2 Å². The first kappa shape index (κ1) is 22.3. The first-order chi connectivity index (χ1) is 14.5. The maximum atomic E-state index is 11.6. The van der Waals surface area contributed by atoms with Crippen LogP contribution in [0.2, 0.25) is 0 Å². The lowest BCUT2D eigenvalue weighted by atomic mass is 10.1. The van der Waals surface area contributed by atoms with Gasteiger partial charge in [0.25, 0.3) is 0 Å². The molecule has 0 unspecified atom stereocenters. The van der Waals surface area contributed by atoms with Crippen LogP contribution in [0.5, 0.6) is 0 Å². The van der Waals surface area contributed by atoms with E-state index >= 15 is 0 Å². The second kappa shape index (κ2) is 10.1. The summed E-state index contributed by atoms with van der Waals surface area (Å²) < 4.78 is 7.19. The summed E-state index contributed by atoms with van der Waals surface area (Å²) in [5.74, 6) is 0.369. The quantitative estimate of drug-likeness (QED) is 0.203. The van der Waals surface area contributed by atoms with E-state index in [0.717, 1.165) is 18.2 Å². The average Bonchev–Trinajstić information content (AvgIpc) is 3.31. The van der Waals surface area contributed by atoms with Gasteiger partial charge in [0.1, 0.15) is 36.1 Å². The standard InChI is InChI=1S/C18H29N7O5/c19-7-11(20)17(29)22-5-2-1-4-21-15-10-3-6-25(16(10)24-9-23-15)18-14(28)13(27)12(8-26)30-18/h3,6,9,11-14,18,26-28H,1-2,4-5,7-8,19-20H2,(H,22,29)(H,21,23,24)/t11-,12-,13-,14-,18-/m1/s1. The van der Waals surface area contributed by atoms with Crippen molar-refractivity contribution in [3.05, 3.63) is 18.6 Å². The third kappa shape index (κ3) is 4.69. The first-order valence-corrected chi connectivity index (χ1v) is 9.89. The highest BCUT2D eigenvalue weighted by atomic mass is 16.6. The average molecular weight is 423 g/mol. The lowest BCUT2D eigenvalue weighted by Crippen LogP contribution is -2.45. The number of hydrogen-bond donors (Lipinski definition) is 7. The zero-order valence-corrected chi connectivity index (χ0v) is 16.5. The van der Waals surface area contributed by atoms with Gasteiger partial charge in [0.2, 0.25) is 5.91 Å². The SMILES string of the molecule is NC[C@@H](N)C(=O)NCCCCNc1ncnc2c1ccn2[C@@H]1O[C@H](CO)[C@@H](O)[C@H]1O. The molecule has 30 heavy (non-hydrogen) atoms. The van der Waals surface area contributed by atoms with Crippen molar-refractivity contribution in [3.8, 4) is 0 Å². The number of hydrogen-bond acceptors (Lipinski definition) is 10. The van der Waals surface area contributed by atoms with E-state index in [1.807, 2.05) is 0 Å². The van der Waals surface area contributed by atoms with Crippen LogP contribution in [-0.4, -0.2) is 86.4 Å². The Bertz CT molecular complexity index is 847. The summed E-state index contributed by atoms with van der Waals surface area (Å²) in [5, 5.41) is 36.2. The lowest BCUT2D eigenvalue weighted by Gasteiger charge is -2.17. The molecular weight excluding hydrogens is 394 g/mol. The Morgan fingerprint density at radius 1 is 1.27 bits per heavy atom. The van der Waals surface area contributed by atoms with Gasteiger partial charge >= 0.3 is 0 Å². The summed E-state index contributed by atoms with van der Waals surface area (Å²) in [6.07, 6.45) is 0.552. The van der Waals surface area contributed by atoms with Gasteiger partial charge < -0.3 is 46.7 Å². The normalized spacial score (nSPS) is 24.8. The van der Waals surface area contributed by atoms with Crippen molar-refractivity contribution in [1.29, 1.82) is 0 Å². The second-order valence-electron chi connectivity index (χ2n) is 7.18. The molecule has 12 nitrogen and oxygen atoms in total. The van der Waals surface area contributed by atoms with Crippen LogP contribution in [0.4, 0.5) is 5.82 Å². The van der Waals surface area contributed by atoms with E-state index in [-0.39, 0.29) is 12.5 Å². The minimum absolute atomic E-state index is 0.110. The number of anilines is 1. The number of amides is 1. The van der Waals surface area contributed by atoms with Crippen molar-refractivity contribution in [2.45, 2.75) is 43.4 Å². The maximum absolute atomic E-state index is 11.6. The summed E-state index contributed by atoms with van der Waals surface area (Å²) in [6, 6.07) is 1.11. The van der Waals surface area contributed by atoms with Crippen molar-refractivity contribution >= 4 is 22.8 Å². The highest BCUT2D eigenvalue weighted by Crippen LogP contribution is 2.32. The molecule has 0 aromatic carbocycles. The summed E-state index contributed by atoms with van der Waals surface area (Å²) >= 11 is 0. The van der Waals surface area contributed by atoms with E-state index in [0.29, 0.717) is 24.6 Å². The Balaban J connectivity index is 1.56. The van der Waals surface area contributed by atoms with Crippen molar-refractivity contribution in [1.82, 2.24) is 19.9 Å². The number of aliphatic hydroxyl groups excluding tert-OH is 3. The monoisotopic (exact) mass is 423 g/mol. The third-order valence-electron chi connectivity index (χ3n) is 5.09. The smallest absolute Gasteiger partial charge is 0.238 e. The minimum Gasteiger partial charge on any atom is -0.394 e. The van der Waals surface area contributed by atoms with Crippen molar-refractivity contribution < 1.29 is 24.9 Å². The van der Waals surface area contributed by atoms with Crippen LogP contribution in [0.25, 0.3) is 11.0 Å². The lowest BCUT2D eigenvalue weighted by molar-refractivity contribution is -0.122.